The molecule has 4 nitrogen and oxygen atoms in total. The standard InChI is InChI=1S/C15H14ClNO3S/c16-11-5-3-10(4-6-11)13(9-15(19)20)17-14(18)8-12-2-1-7-21-12/h1-7,13H,8-9H2,(H,17,18)(H,19,20)/t13-/m0/s1. The number of carboxylic acids is 1. The van der Waals surface area contributed by atoms with Crippen LogP contribution in [0.2, 0.25) is 5.02 Å². The SMILES string of the molecule is O=C(O)C[C@H](NC(=O)Cc1cccs1)c1ccc(Cl)cc1. The molecular weight excluding hydrogens is 310 g/mol. The molecule has 0 aliphatic heterocycles. The van der Waals surface area contributed by atoms with Crippen molar-refractivity contribution < 1.29 is 14.7 Å². The van der Waals surface area contributed by atoms with Gasteiger partial charge in [0, 0.05) is 9.90 Å². The Labute approximate surface area is 131 Å². The number of halogens is 1. The molecule has 0 unspecified atom stereocenters. The summed E-state index contributed by atoms with van der Waals surface area (Å²) in [6.07, 6.45) is 0.0825. The minimum atomic E-state index is -0.966. The monoisotopic (exact) mass is 323 g/mol. The van der Waals surface area contributed by atoms with Crippen LogP contribution in [0.3, 0.4) is 0 Å². The molecule has 1 aromatic heterocycles. The fourth-order valence-corrected chi connectivity index (χ4v) is 2.77. The second-order valence-corrected chi connectivity index (χ2v) is 5.99. The van der Waals surface area contributed by atoms with Crippen molar-refractivity contribution >= 4 is 34.8 Å². The molecule has 0 bridgehead atoms. The number of rotatable bonds is 6. The molecule has 1 aromatic carbocycles. The number of amides is 1. The van der Waals surface area contributed by atoms with E-state index >= 15 is 0 Å². The van der Waals surface area contributed by atoms with Crippen molar-refractivity contribution in [2.75, 3.05) is 0 Å². The summed E-state index contributed by atoms with van der Waals surface area (Å²) in [5, 5.41) is 14.2. The van der Waals surface area contributed by atoms with Crippen molar-refractivity contribution in [2.45, 2.75) is 18.9 Å². The zero-order valence-corrected chi connectivity index (χ0v) is 12.7. The number of thiophene rings is 1. The number of carbonyl (C=O) groups is 2. The van der Waals surface area contributed by atoms with Gasteiger partial charge in [-0.3, -0.25) is 9.59 Å². The number of carbonyl (C=O) groups excluding carboxylic acids is 1. The summed E-state index contributed by atoms with van der Waals surface area (Å²) in [7, 11) is 0. The lowest BCUT2D eigenvalue weighted by molar-refractivity contribution is -0.137. The van der Waals surface area contributed by atoms with E-state index in [1.165, 1.54) is 11.3 Å². The van der Waals surface area contributed by atoms with Crippen LogP contribution in [0.5, 0.6) is 0 Å². The van der Waals surface area contributed by atoms with E-state index in [0.717, 1.165) is 10.4 Å². The van der Waals surface area contributed by atoms with Crippen LogP contribution >= 0.6 is 22.9 Å². The summed E-state index contributed by atoms with van der Waals surface area (Å²) in [5.74, 6) is -1.16. The van der Waals surface area contributed by atoms with E-state index < -0.39 is 12.0 Å². The Morgan fingerprint density at radius 2 is 1.95 bits per heavy atom. The summed E-state index contributed by atoms with van der Waals surface area (Å²) in [6, 6.07) is 9.99. The van der Waals surface area contributed by atoms with Crippen LogP contribution in [0.15, 0.2) is 41.8 Å². The van der Waals surface area contributed by atoms with Gasteiger partial charge in [-0.1, -0.05) is 29.8 Å². The van der Waals surface area contributed by atoms with E-state index in [1.807, 2.05) is 17.5 Å². The average Bonchev–Trinajstić information content (AvgIpc) is 2.91. The maximum atomic E-state index is 12.0. The highest BCUT2D eigenvalue weighted by Gasteiger charge is 2.18. The lowest BCUT2D eigenvalue weighted by Crippen LogP contribution is -2.31. The van der Waals surface area contributed by atoms with Gasteiger partial charge in [-0.05, 0) is 29.1 Å². The quantitative estimate of drug-likeness (QED) is 0.857. The molecule has 6 heteroatoms. The summed E-state index contributed by atoms with van der Waals surface area (Å²) in [4.78, 5) is 23.9. The smallest absolute Gasteiger partial charge is 0.305 e. The van der Waals surface area contributed by atoms with Crippen LogP contribution in [-0.4, -0.2) is 17.0 Å². The molecule has 1 heterocycles. The van der Waals surface area contributed by atoms with E-state index in [4.69, 9.17) is 16.7 Å². The number of aliphatic carboxylic acids is 1. The molecule has 1 atom stereocenters. The Hall–Kier alpha value is -1.85. The summed E-state index contributed by atoms with van der Waals surface area (Å²) in [5.41, 5.74) is 0.723. The second-order valence-electron chi connectivity index (χ2n) is 4.53. The molecular formula is C15H14ClNO3S. The van der Waals surface area contributed by atoms with Crippen LogP contribution in [0, 0.1) is 0 Å². The van der Waals surface area contributed by atoms with Gasteiger partial charge >= 0.3 is 5.97 Å². The van der Waals surface area contributed by atoms with Crippen molar-refractivity contribution in [1.82, 2.24) is 5.32 Å². The normalized spacial score (nSPS) is 11.9. The Morgan fingerprint density at radius 3 is 2.52 bits per heavy atom. The molecule has 0 aliphatic rings. The molecule has 0 fully saturated rings. The summed E-state index contributed by atoms with van der Waals surface area (Å²) < 4.78 is 0. The van der Waals surface area contributed by atoms with Gasteiger partial charge in [-0.2, -0.15) is 0 Å². The molecule has 0 spiro atoms. The van der Waals surface area contributed by atoms with Crippen LogP contribution in [0.1, 0.15) is 22.9 Å². The van der Waals surface area contributed by atoms with Crippen molar-refractivity contribution in [3.63, 3.8) is 0 Å². The minimum absolute atomic E-state index is 0.169. The first kappa shape index (κ1) is 15.5. The largest absolute Gasteiger partial charge is 0.481 e. The van der Waals surface area contributed by atoms with E-state index in [2.05, 4.69) is 5.32 Å². The molecule has 0 radical (unpaired) electrons. The number of hydrogen-bond acceptors (Lipinski definition) is 3. The van der Waals surface area contributed by atoms with Crippen molar-refractivity contribution in [3.8, 4) is 0 Å². The van der Waals surface area contributed by atoms with Crippen LogP contribution < -0.4 is 5.32 Å². The van der Waals surface area contributed by atoms with Crippen molar-refractivity contribution in [3.05, 3.63) is 57.2 Å². The lowest BCUT2D eigenvalue weighted by atomic mass is 10.0. The molecule has 21 heavy (non-hydrogen) atoms. The van der Waals surface area contributed by atoms with Gasteiger partial charge in [-0.15, -0.1) is 11.3 Å². The lowest BCUT2D eigenvalue weighted by Gasteiger charge is -2.17. The third kappa shape index (κ3) is 4.88. The molecule has 0 saturated heterocycles. The van der Waals surface area contributed by atoms with Crippen molar-refractivity contribution in [1.29, 1.82) is 0 Å². The second kappa shape index (κ2) is 7.24. The van der Waals surface area contributed by atoms with Crippen LogP contribution in [0.4, 0.5) is 0 Å². The van der Waals surface area contributed by atoms with E-state index in [0.29, 0.717) is 5.02 Å². The third-order valence-electron chi connectivity index (χ3n) is 2.90. The first-order valence-electron chi connectivity index (χ1n) is 6.33. The fourth-order valence-electron chi connectivity index (χ4n) is 1.94. The first-order valence-corrected chi connectivity index (χ1v) is 7.59. The molecule has 2 rings (SSSR count). The van der Waals surface area contributed by atoms with Gasteiger partial charge < -0.3 is 10.4 Å². The van der Waals surface area contributed by atoms with Gasteiger partial charge in [0.15, 0.2) is 0 Å². The van der Waals surface area contributed by atoms with E-state index in [-0.39, 0.29) is 18.7 Å². The highest BCUT2D eigenvalue weighted by atomic mass is 35.5. The van der Waals surface area contributed by atoms with Gasteiger partial charge in [0.2, 0.25) is 5.91 Å². The number of benzene rings is 1. The zero-order chi connectivity index (χ0) is 15.2. The molecule has 2 aromatic rings. The highest BCUT2D eigenvalue weighted by Crippen LogP contribution is 2.20. The Morgan fingerprint density at radius 1 is 1.24 bits per heavy atom. The van der Waals surface area contributed by atoms with Crippen molar-refractivity contribution in [2.24, 2.45) is 0 Å². The van der Waals surface area contributed by atoms with Crippen LogP contribution in [0.25, 0.3) is 0 Å². The Kier molecular flexibility index (Phi) is 5.36. The highest BCUT2D eigenvalue weighted by molar-refractivity contribution is 7.10. The number of carboxylic acid groups (broad SMARTS) is 1. The summed E-state index contributed by atoms with van der Waals surface area (Å²) >= 11 is 7.32. The average molecular weight is 324 g/mol. The fraction of sp³-hybridized carbons (Fsp3) is 0.200. The number of hydrogen-bond donors (Lipinski definition) is 2. The molecule has 110 valence electrons. The first-order chi connectivity index (χ1) is 10.0. The van der Waals surface area contributed by atoms with Crippen LogP contribution in [-0.2, 0) is 16.0 Å². The predicted octanol–water partition coefficient (Wildman–Crippen LogP) is 3.28. The topological polar surface area (TPSA) is 66.4 Å². The maximum Gasteiger partial charge on any atom is 0.305 e. The molecule has 2 N–H and O–H groups in total. The van der Waals surface area contributed by atoms with E-state index in [1.54, 1.807) is 24.3 Å². The van der Waals surface area contributed by atoms with Gasteiger partial charge in [0.1, 0.15) is 0 Å². The Bertz CT molecular complexity index is 610. The third-order valence-corrected chi connectivity index (χ3v) is 4.03. The minimum Gasteiger partial charge on any atom is -0.481 e. The predicted molar refractivity (Wildman–Crippen MR) is 82.6 cm³/mol. The maximum absolute atomic E-state index is 12.0. The molecule has 0 aliphatic carbocycles. The van der Waals surface area contributed by atoms with Gasteiger partial charge in [0.05, 0.1) is 18.9 Å². The molecule has 0 saturated carbocycles. The Balaban J connectivity index is 2.07. The number of nitrogens with one attached hydrogen (secondary N) is 1. The molecule has 1 amide bonds. The summed E-state index contributed by atoms with van der Waals surface area (Å²) in [6.45, 7) is 0. The van der Waals surface area contributed by atoms with Gasteiger partial charge in [0.25, 0.3) is 0 Å². The zero-order valence-electron chi connectivity index (χ0n) is 11.1. The van der Waals surface area contributed by atoms with E-state index in [9.17, 15) is 9.59 Å². The van der Waals surface area contributed by atoms with Gasteiger partial charge in [-0.25, -0.2) is 0 Å².